The third kappa shape index (κ3) is 1.59. The Labute approximate surface area is 72.1 Å². The van der Waals surface area contributed by atoms with Gasteiger partial charge in [-0.15, -0.1) is 0 Å². The zero-order valence-electron chi connectivity index (χ0n) is 7.34. The van der Waals surface area contributed by atoms with E-state index < -0.39 is 5.54 Å². The number of carbonyl (C=O) groups excluding carboxylic acids is 1. The molecule has 12 heavy (non-hydrogen) atoms. The van der Waals surface area contributed by atoms with Crippen molar-refractivity contribution in [2.24, 2.45) is 5.73 Å². The van der Waals surface area contributed by atoms with Gasteiger partial charge in [0.1, 0.15) is 5.54 Å². The Hall–Kier alpha value is -0.610. The number of carbonyl (C=O) groups is 1. The van der Waals surface area contributed by atoms with E-state index in [0.717, 1.165) is 0 Å². The van der Waals surface area contributed by atoms with E-state index in [1.165, 1.54) is 0 Å². The van der Waals surface area contributed by atoms with Crippen LogP contribution in [0.3, 0.4) is 0 Å². The van der Waals surface area contributed by atoms with Gasteiger partial charge in [-0.2, -0.15) is 0 Å². The zero-order valence-corrected chi connectivity index (χ0v) is 7.34. The standard InChI is InChI=1S/C8H16N2O2/c1-2-10-8(7(9)12)4-3-6(11)5-8/h6,10-11H,2-5H2,1H3,(H2,9,12). The number of amides is 1. The molecule has 0 aromatic heterocycles. The van der Waals surface area contributed by atoms with Crippen LogP contribution in [-0.4, -0.2) is 29.2 Å². The van der Waals surface area contributed by atoms with Crippen LogP contribution in [0, 0.1) is 0 Å². The third-order valence-corrected chi connectivity index (χ3v) is 2.48. The summed E-state index contributed by atoms with van der Waals surface area (Å²) in [5.41, 5.74) is 4.62. The number of nitrogens with two attached hydrogens (primary N) is 1. The minimum atomic E-state index is -0.645. The number of rotatable bonds is 3. The van der Waals surface area contributed by atoms with E-state index in [9.17, 15) is 9.90 Å². The van der Waals surface area contributed by atoms with E-state index in [0.29, 0.717) is 25.8 Å². The summed E-state index contributed by atoms with van der Waals surface area (Å²) in [6.07, 6.45) is 1.39. The zero-order chi connectivity index (χ0) is 9.19. The molecule has 70 valence electrons. The van der Waals surface area contributed by atoms with Crippen LogP contribution in [0.1, 0.15) is 26.2 Å². The first-order valence-corrected chi connectivity index (χ1v) is 4.34. The van der Waals surface area contributed by atoms with Crippen molar-refractivity contribution >= 4 is 5.91 Å². The summed E-state index contributed by atoms with van der Waals surface area (Å²) >= 11 is 0. The molecule has 4 nitrogen and oxygen atoms in total. The van der Waals surface area contributed by atoms with E-state index in [2.05, 4.69) is 5.32 Å². The van der Waals surface area contributed by atoms with Gasteiger partial charge in [-0.3, -0.25) is 4.79 Å². The average Bonchev–Trinajstić information content (AvgIpc) is 2.34. The predicted molar refractivity (Wildman–Crippen MR) is 45.5 cm³/mol. The maximum absolute atomic E-state index is 11.1. The van der Waals surface area contributed by atoms with E-state index in [1.807, 2.05) is 6.92 Å². The number of likely N-dealkylation sites (N-methyl/N-ethyl adjacent to an activating group) is 1. The van der Waals surface area contributed by atoms with Crippen LogP contribution >= 0.6 is 0 Å². The highest BCUT2D eigenvalue weighted by atomic mass is 16.3. The Morgan fingerprint density at radius 1 is 1.83 bits per heavy atom. The van der Waals surface area contributed by atoms with Gasteiger partial charge < -0.3 is 16.2 Å². The summed E-state index contributed by atoms with van der Waals surface area (Å²) in [5.74, 6) is -0.346. The smallest absolute Gasteiger partial charge is 0.237 e. The highest BCUT2D eigenvalue weighted by molar-refractivity contribution is 5.85. The van der Waals surface area contributed by atoms with Crippen molar-refractivity contribution in [2.45, 2.75) is 37.8 Å². The van der Waals surface area contributed by atoms with Gasteiger partial charge >= 0.3 is 0 Å². The van der Waals surface area contributed by atoms with Crippen molar-refractivity contribution in [2.75, 3.05) is 6.54 Å². The van der Waals surface area contributed by atoms with E-state index in [-0.39, 0.29) is 12.0 Å². The van der Waals surface area contributed by atoms with Crippen LogP contribution in [-0.2, 0) is 4.79 Å². The fraction of sp³-hybridized carbons (Fsp3) is 0.875. The van der Waals surface area contributed by atoms with Gasteiger partial charge in [0.05, 0.1) is 6.10 Å². The molecule has 0 saturated heterocycles. The molecule has 4 N–H and O–H groups in total. The quantitative estimate of drug-likeness (QED) is 0.530. The number of aliphatic hydroxyl groups is 1. The van der Waals surface area contributed by atoms with Gasteiger partial charge in [0.2, 0.25) is 5.91 Å². The van der Waals surface area contributed by atoms with Crippen LogP contribution in [0.15, 0.2) is 0 Å². The monoisotopic (exact) mass is 172 g/mol. The lowest BCUT2D eigenvalue weighted by atomic mass is 9.97. The summed E-state index contributed by atoms with van der Waals surface area (Å²) < 4.78 is 0. The third-order valence-electron chi connectivity index (χ3n) is 2.48. The molecule has 0 aromatic carbocycles. The fourth-order valence-electron chi connectivity index (χ4n) is 1.83. The molecule has 1 saturated carbocycles. The highest BCUT2D eigenvalue weighted by Gasteiger charge is 2.42. The van der Waals surface area contributed by atoms with E-state index >= 15 is 0 Å². The normalized spacial score (nSPS) is 35.3. The number of primary amides is 1. The summed E-state index contributed by atoms with van der Waals surface area (Å²) in [6.45, 7) is 2.63. The van der Waals surface area contributed by atoms with Crippen molar-refractivity contribution in [3.63, 3.8) is 0 Å². The molecule has 1 aliphatic carbocycles. The first kappa shape index (κ1) is 9.48. The Morgan fingerprint density at radius 2 is 2.50 bits per heavy atom. The van der Waals surface area contributed by atoms with Crippen molar-refractivity contribution in [1.82, 2.24) is 5.32 Å². The molecule has 2 unspecified atom stereocenters. The Morgan fingerprint density at radius 3 is 2.83 bits per heavy atom. The molecule has 1 amide bonds. The lowest BCUT2D eigenvalue weighted by Gasteiger charge is -2.25. The summed E-state index contributed by atoms with van der Waals surface area (Å²) in [4.78, 5) is 11.1. The first-order valence-electron chi connectivity index (χ1n) is 4.34. The topological polar surface area (TPSA) is 75.3 Å². The molecule has 0 radical (unpaired) electrons. The predicted octanol–water partition coefficient (Wildman–Crippen LogP) is -0.635. The molecular weight excluding hydrogens is 156 g/mol. The summed E-state index contributed by atoms with van der Waals surface area (Å²) in [6, 6.07) is 0. The fourth-order valence-corrected chi connectivity index (χ4v) is 1.83. The largest absolute Gasteiger partial charge is 0.393 e. The molecular formula is C8H16N2O2. The number of aliphatic hydroxyl groups excluding tert-OH is 1. The molecule has 0 bridgehead atoms. The minimum absolute atomic E-state index is 0.346. The van der Waals surface area contributed by atoms with Crippen molar-refractivity contribution in [1.29, 1.82) is 0 Å². The average molecular weight is 172 g/mol. The molecule has 0 aromatic rings. The molecule has 0 heterocycles. The van der Waals surface area contributed by atoms with Crippen molar-refractivity contribution in [3.05, 3.63) is 0 Å². The molecule has 2 atom stereocenters. The molecule has 4 heteroatoms. The number of hydrogen-bond donors (Lipinski definition) is 3. The van der Waals surface area contributed by atoms with Crippen LogP contribution in [0.5, 0.6) is 0 Å². The van der Waals surface area contributed by atoms with Crippen LogP contribution in [0.2, 0.25) is 0 Å². The number of hydrogen-bond acceptors (Lipinski definition) is 3. The van der Waals surface area contributed by atoms with Gasteiger partial charge in [0.15, 0.2) is 0 Å². The molecule has 0 spiro atoms. The lowest BCUT2D eigenvalue weighted by Crippen LogP contribution is -2.53. The molecule has 1 fully saturated rings. The maximum Gasteiger partial charge on any atom is 0.237 e. The van der Waals surface area contributed by atoms with Crippen molar-refractivity contribution in [3.8, 4) is 0 Å². The van der Waals surface area contributed by atoms with E-state index in [1.54, 1.807) is 0 Å². The van der Waals surface area contributed by atoms with E-state index in [4.69, 9.17) is 5.73 Å². The maximum atomic E-state index is 11.1. The summed E-state index contributed by atoms with van der Waals surface area (Å²) in [5, 5.41) is 12.3. The van der Waals surface area contributed by atoms with Crippen LogP contribution in [0.4, 0.5) is 0 Å². The molecule has 1 aliphatic rings. The first-order chi connectivity index (χ1) is 5.60. The second-order valence-electron chi connectivity index (χ2n) is 3.37. The molecule has 0 aliphatic heterocycles. The van der Waals surface area contributed by atoms with Gasteiger partial charge in [0.25, 0.3) is 0 Å². The Balaban J connectivity index is 2.67. The highest BCUT2D eigenvalue weighted by Crippen LogP contribution is 2.29. The van der Waals surface area contributed by atoms with Crippen molar-refractivity contribution < 1.29 is 9.90 Å². The van der Waals surface area contributed by atoms with Crippen LogP contribution < -0.4 is 11.1 Å². The van der Waals surface area contributed by atoms with Gasteiger partial charge in [-0.1, -0.05) is 6.92 Å². The van der Waals surface area contributed by atoms with Gasteiger partial charge in [0, 0.05) is 6.42 Å². The SMILES string of the molecule is CCNC1(C(N)=O)CCC(O)C1. The summed E-state index contributed by atoms with van der Waals surface area (Å²) in [7, 11) is 0. The lowest BCUT2D eigenvalue weighted by molar-refractivity contribution is -0.124. The second kappa shape index (κ2) is 3.41. The Bertz CT molecular complexity index is 180. The second-order valence-corrected chi connectivity index (χ2v) is 3.37. The van der Waals surface area contributed by atoms with Gasteiger partial charge in [-0.25, -0.2) is 0 Å². The Kier molecular flexibility index (Phi) is 2.69. The minimum Gasteiger partial charge on any atom is -0.393 e. The number of nitrogens with one attached hydrogen (secondary N) is 1. The van der Waals surface area contributed by atoms with Gasteiger partial charge in [-0.05, 0) is 19.4 Å². The molecule has 1 rings (SSSR count). The van der Waals surface area contributed by atoms with Crippen LogP contribution in [0.25, 0.3) is 0 Å².